The minimum atomic E-state index is -1.12. The maximum atomic E-state index is 8.63. The summed E-state index contributed by atoms with van der Waals surface area (Å²) >= 11 is 0. The summed E-state index contributed by atoms with van der Waals surface area (Å²) in [7, 11) is -1.12. The molecule has 0 bridgehead atoms. The van der Waals surface area contributed by atoms with E-state index in [4.69, 9.17) is 10.2 Å². The lowest BCUT2D eigenvalue weighted by Gasteiger charge is -2.07. The summed E-state index contributed by atoms with van der Waals surface area (Å²) in [5, 5.41) is 17.3. The zero-order chi connectivity index (χ0) is 16.1. The highest BCUT2D eigenvalue weighted by Gasteiger charge is 2.07. The SMILES string of the molecule is C=C[Si](C)(C)C=C.Oc1ccccc1.Oc1ccccc1. The van der Waals surface area contributed by atoms with E-state index < -0.39 is 8.07 Å². The van der Waals surface area contributed by atoms with Crippen LogP contribution in [0, 0.1) is 0 Å². The molecule has 0 saturated heterocycles. The van der Waals surface area contributed by atoms with E-state index in [9.17, 15) is 0 Å². The van der Waals surface area contributed by atoms with E-state index in [1.807, 2.05) is 23.5 Å². The molecule has 2 nitrogen and oxygen atoms in total. The van der Waals surface area contributed by atoms with Crippen LogP contribution in [0.25, 0.3) is 0 Å². The Morgan fingerprint density at radius 1 is 0.714 bits per heavy atom. The molecule has 0 aliphatic carbocycles. The average molecular weight is 300 g/mol. The van der Waals surface area contributed by atoms with Crippen molar-refractivity contribution in [3.05, 3.63) is 85.2 Å². The number of phenols is 2. The van der Waals surface area contributed by atoms with Gasteiger partial charge in [-0.05, 0) is 24.3 Å². The predicted octanol–water partition coefficient (Wildman–Crippen LogP) is 4.93. The number of benzene rings is 2. The molecule has 3 heteroatoms. The highest BCUT2D eigenvalue weighted by atomic mass is 28.3. The number of hydrogen-bond donors (Lipinski definition) is 2. The zero-order valence-electron chi connectivity index (χ0n) is 12.7. The molecule has 2 rings (SSSR count). The molecule has 0 aromatic heterocycles. The molecule has 0 spiro atoms. The summed E-state index contributed by atoms with van der Waals surface area (Å²) in [6.07, 6.45) is 0. The fourth-order valence-corrected chi connectivity index (χ4v) is 1.11. The largest absolute Gasteiger partial charge is 0.508 e. The second kappa shape index (κ2) is 10.5. The number of phenolic OH excluding ortho intramolecular Hbond substituents is 2. The van der Waals surface area contributed by atoms with Crippen molar-refractivity contribution in [1.82, 2.24) is 0 Å². The summed E-state index contributed by atoms with van der Waals surface area (Å²) < 4.78 is 0. The maximum absolute atomic E-state index is 8.63. The summed E-state index contributed by atoms with van der Waals surface area (Å²) in [4.78, 5) is 0. The van der Waals surface area contributed by atoms with Crippen LogP contribution in [-0.4, -0.2) is 18.3 Å². The Kier molecular flexibility index (Phi) is 9.38. The molecule has 2 aromatic carbocycles. The van der Waals surface area contributed by atoms with Gasteiger partial charge < -0.3 is 10.2 Å². The molecular weight excluding hydrogens is 276 g/mol. The first-order valence-electron chi connectivity index (χ1n) is 6.66. The van der Waals surface area contributed by atoms with Gasteiger partial charge >= 0.3 is 0 Å². The number of para-hydroxylation sites is 2. The van der Waals surface area contributed by atoms with Gasteiger partial charge in [-0.2, -0.15) is 0 Å². The minimum Gasteiger partial charge on any atom is -0.508 e. The van der Waals surface area contributed by atoms with Gasteiger partial charge in [-0.3, -0.25) is 0 Å². The van der Waals surface area contributed by atoms with Crippen LogP contribution in [0.4, 0.5) is 0 Å². The summed E-state index contributed by atoms with van der Waals surface area (Å²) in [6, 6.07) is 17.4. The summed E-state index contributed by atoms with van der Waals surface area (Å²) in [5.41, 5.74) is 4.03. The van der Waals surface area contributed by atoms with Gasteiger partial charge in [0.2, 0.25) is 0 Å². The van der Waals surface area contributed by atoms with Crippen molar-refractivity contribution in [2.75, 3.05) is 0 Å². The second-order valence-corrected chi connectivity index (χ2v) is 9.36. The van der Waals surface area contributed by atoms with Crippen LogP contribution >= 0.6 is 0 Å². The first-order valence-corrected chi connectivity index (χ1v) is 9.82. The predicted molar refractivity (Wildman–Crippen MR) is 94.1 cm³/mol. The van der Waals surface area contributed by atoms with Crippen LogP contribution in [0.3, 0.4) is 0 Å². The molecule has 0 heterocycles. The van der Waals surface area contributed by atoms with Gasteiger partial charge in [0.25, 0.3) is 0 Å². The van der Waals surface area contributed by atoms with Crippen molar-refractivity contribution in [3.8, 4) is 11.5 Å². The van der Waals surface area contributed by atoms with E-state index in [-0.39, 0.29) is 0 Å². The molecule has 0 saturated carbocycles. The molecule has 0 aliphatic heterocycles. The van der Waals surface area contributed by atoms with E-state index in [1.54, 1.807) is 48.5 Å². The van der Waals surface area contributed by atoms with Gasteiger partial charge in [0.05, 0.1) is 8.07 Å². The monoisotopic (exact) mass is 300 g/mol. The molecule has 0 aliphatic rings. The number of rotatable bonds is 2. The lowest BCUT2D eigenvalue weighted by molar-refractivity contribution is 0.475. The van der Waals surface area contributed by atoms with Crippen LogP contribution in [0.15, 0.2) is 85.2 Å². The van der Waals surface area contributed by atoms with Crippen LogP contribution in [-0.2, 0) is 0 Å². The van der Waals surface area contributed by atoms with E-state index in [0.29, 0.717) is 11.5 Å². The van der Waals surface area contributed by atoms with Gasteiger partial charge in [-0.25, -0.2) is 0 Å². The van der Waals surface area contributed by atoms with Crippen LogP contribution in [0.5, 0.6) is 11.5 Å². The third-order valence-electron chi connectivity index (χ3n) is 2.56. The summed E-state index contributed by atoms with van der Waals surface area (Å²) in [6.45, 7) is 11.8. The molecular formula is C18H24O2Si. The molecule has 21 heavy (non-hydrogen) atoms. The van der Waals surface area contributed by atoms with Crippen molar-refractivity contribution in [2.24, 2.45) is 0 Å². The first kappa shape index (κ1) is 18.7. The van der Waals surface area contributed by atoms with Gasteiger partial charge in [-0.1, -0.05) is 60.9 Å². The van der Waals surface area contributed by atoms with Crippen molar-refractivity contribution < 1.29 is 10.2 Å². The zero-order valence-corrected chi connectivity index (χ0v) is 13.7. The topological polar surface area (TPSA) is 40.5 Å². The van der Waals surface area contributed by atoms with Crippen LogP contribution in [0.2, 0.25) is 13.1 Å². The molecule has 2 N–H and O–H groups in total. The Balaban J connectivity index is 0.000000286. The molecule has 0 radical (unpaired) electrons. The second-order valence-electron chi connectivity index (χ2n) is 4.90. The Bertz CT molecular complexity index is 460. The Morgan fingerprint density at radius 2 is 1.00 bits per heavy atom. The lowest BCUT2D eigenvalue weighted by atomic mass is 10.3. The van der Waals surface area contributed by atoms with E-state index in [2.05, 4.69) is 26.3 Å². The maximum Gasteiger partial charge on any atom is 0.115 e. The standard InChI is InChI=1S/2C6H6O.C6H12Si/c2*7-6-4-2-1-3-5-6;1-5-7(3,4)6-2/h2*1-5,7H;5-6H,1-2H2,3-4H3. The third kappa shape index (κ3) is 11.3. The fraction of sp³-hybridized carbons (Fsp3) is 0.111. The number of aromatic hydroxyl groups is 2. The molecule has 0 atom stereocenters. The Hall–Kier alpha value is -2.26. The fourth-order valence-electron chi connectivity index (χ4n) is 0.939. The van der Waals surface area contributed by atoms with Crippen molar-refractivity contribution in [2.45, 2.75) is 13.1 Å². The Labute approximate surface area is 128 Å². The smallest absolute Gasteiger partial charge is 0.115 e. The minimum absolute atomic E-state index is 0.322. The van der Waals surface area contributed by atoms with E-state index in [0.717, 1.165) is 0 Å². The quantitative estimate of drug-likeness (QED) is 0.772. The molecule has 2 aromatic rings. The van der Waals surface area contributed by atoms with E-state index in [1.165, 1.54) is 0 Å². The first-order chi connectivity index (χ1) is 9.91. The molecule has 0 amide bonds. The number of hydrogen-bond acceptors (Lipinski definition) is 2. The highest BCUT2D eigenvalue weighted by Crippen LogP contribution is 2.03. The van der Waals surface area contributed by atoms with Gasteiger partial charge in [0, 0.05) is 0 Å². The van der Waals surface area contributed by atoms with Crippen LogP contribution < -0.4 is 0 Å². The van der Waals surface area contributed by atoms with Crippen molar-refractivity contribution in [1.29, 1.82) is 0 Å². The van der Waals surface area contributed by atoms with Gasteiger partial charge in [0.15, 0.2) is 0 Å². The normalized spacial score (nSPS) is 9.24. The lowest BCUT2D eigenvalue weighted by Crippen LogP contribution is -2.17. The van der Waals surface area contributed by atoms with Gasteiger partial charge in [0.1, 0.15) is 11.5 Å². The molecule has 0 fully saturated rings. The highest BCUT2D eigenvalue weighted by molar-refractivity contribution is 6.86. The van der Waals surface area contributed by atoms with Crippen LogP contribution in [0.1, 0.15) is 0 Å². The molecule has 0 unspecified atom stereocenters. The molecule has 112 valence electrons. The average Bonchev–Trinajstić information content (AvgIpc) is 2.50. The van der Waals surface area contributed by atoms with Crippen molar-refractivity contribution >= 4 is 8.07 Å². The summed E-state index contributed by atoms with van der Waals surface area (Å²) in [5.74, 6) is 0.644. The van der Waals surface area contributed by atoms with Gasteiger partial charge in [-0.15, -0.1) is 13.2 Å². The Morgan fingerprint density at radius 3 is 1.10 bits per heavy atom. The van der Waals surface area contributed by atoms with Crippen molar-refractivity contribution in [3.63, 3.8) is 0 Å². The third-order valence-corrected chi connectivity index (χ3v) is 4.67. The van der Waals surface area contributed by atoms with E-state index >= 15 is 0 Å².